The van der Waals surface area contributed by atoms with Crippen LogP contribution in [-0.4, -0.2) is 12.0 Å². The molecule has 0 aliphatic rings. The molecule has 0 saturated carbocycles. The molecule has 3 rings (SSSR count). The first-order chi connectivity index (χ1) is 12.6. The average molecular weight is 414 g/mol. The summed E-state index contributed by atoms with van der Waals surface area (Å²) in [7, 11) is 1.54. The fourth-order valence-corrected chi connectivity index (χ4v) is 3.27. The van der Waals surface area contributed by atoms with Gasteiger partial charge in [-0.2, -0.15) is 0 Å². The van der Waals surface area contributed by atoms with E-state index in [9.17, 15) is 10.1 Å². The molecule has 0 aliphatic carbocycles. The molecule has 6 heteroatoms. The van der Waals surface area contributed by atoms with Crippen LogP contribution in [0.2, 0.25) is 0 Å². The Kier molecular flexibility index (Phi) is 5.53. The lowest BCUT2D eigenvalue weighted by Crippen LogP contribution is -2.00. The van der Waals surface area contributed by atoms with Crippen molar-refractivity contribution in [2.45, 2.75) is 6.61 Å². The number of rotatable bonds is 6. The third kappa shape index (κ3) is 4.03. The first kappa shape index (κ1) is 17.9. The molecule has 3 aromatic carbocycles. The van der Waals surface area contributed by atoms with Crippen LogP contribution in [-0.2, 0) is 6.61 Å². The number of hydrogen-bond acceptors (Lipinski definition) is 4. The number of halogens is 1. The molecule has 0 spiro atoms. The maximum atomic E-state index is 10.5. The standard InChI is InChI=1S/C20H16BrNO4/c1-25-19-12-14(9-10-22(23)24)11-18(21)20(19)26-13-16-7-4-6-15-5-2-3-8-17(15)16/h2-12H,13H2,1H3/b10-9+. The van der Waals surface area contributed by atoms with Gasteiger partial charge in [-0.15, -0.1) is 0 Å². The Bertz CT molecular complexity index is 979. The summed E-state index contributed by atoms with van der Waals surface area (Å²) in [6.07, 6.45) is 2.29. The van der Waals surface area contributed by atoms with Crippen LogP contribution < -0.4 is 9.47 Å². The maximum absolute atomic E-state index is 10.5. The minimum absolute atomic E-state index is 0.375. The van der Waals surface area contributed by atoms with Crippen molar-refractivity contribution in [3.05, 3.63) is 86.5 Å². The molecule has 0 amide bonds. The van der Waals surface area contributed by atoms with E-state index < -0.39 is 4.92 Å². The zero-order chi connectivity index (χ0) is 18.5. The molecule has 0 saturated heterocycles. The molecule has 0 aliphatic heterocycles. The highest BCUT2D eigenvalue weighted by molar-refractivity contribution is 9.10. The van der Waals surface area contributed by atoms with E-state index in [4.69, 9.17) is 9.47 Å². The SMILES string of the molecule is COc1cc(/C=C/[N+](=O)[O-])cc(Br)c1OCc1cccc2ccccc12. The molecule has 0 aromatic heterocycles. The monoisotopic (exact) mass is 413 g/mol. The van der Waals surface area contributed by atoms with E-state index >= 15 is 0 Å². The predicted octanol–water partition coefficient (Wildman–Crippen LogP) is 5.44. The first-order valence-corrected chi connectivity index (χ1v) is 8.66. The summed E-state index contributed by atoms with van der Waals surface area (Å²) in [6.45, 7) is 0.375. The highest BCUT2D eigenvalue weighted by atomic mass is 79.9. The molecule has 0 atom stereocenters. The molecule has 0 bridgehead atoms. The largest absolute Gasteiger partial charge is 0.493 e. The van der Waals surface area contributed by atoms with Crippen molar-refractivity contribution in [2.75, 3.05) is 7.11 Å². The van der Waals surface area contributed by atoms with Crippen LogP contribution >= 0.6 is 15.9 Å². The van der Waals surface area contributed by atoms with E-state index in [2.05, 4.69) is 34.1 Å². The highest BCUT2D eigenvalue weighted by Gasteiger charge is 2.12. The van der Waals surface area contributed by atoms with Crippen LogP contribution in [0.15, 0.2) is 65.3 Å². The van der Waals surface area contributed by atoms with Crippen molar-refractivity contribution in [1.82, 2.24) is 0 Å². The summed E-state index contributed by atoms with van der Waals surface area (Å²) in [4.78, 5) is 9.99. The molecular formula is C20H16BrNO4. The van der Waals surface area contributed by atoms with Gasteiger partial charge in [-0.25, -0.2) is 0 Å². The summed E-state index contributed by atoms with van der Waals surface area (Å²) in [5, 5.41) is 12.8. The van der Waals surface area contributed by atoms with Crippen molar-refractivity contribution in [3.8, 4) is 11.5 Å². The van der Waals surface area contributed by atoms with Crippen molar-refractivity contribution < 1.29 is 14.4 Å². The van der Waals surface area contributed by atoms with Crippen molar-refractivity contribution in [1.29, 1.82) is 0 Å². The first-order valence-electron chi connectivity index (χ1n) is 7.87. The van der Waals surface area contributed by atoms with Crippen molar-refractivity contribution >= 4 is 32.8 Å². The fourth-order valence-electron chi connectivity index (χ4n) is 2.69. The van der Waals surface area contributed by atoms with Gasteiger partial charge in [-0.3, -0.25) is 10.1 Å². The Morgan fingerprint density at radius 3 is 2.69 bits per heavy atom. The van der Waals surface area contributed by atoms with Crippen molar-refractivity contribution in [2.24, 2.45) is 0 Å². The van der Waals surface area contributed by atoms with Gasteiger partial charge >= 0.3 is 0 Å². The lowest BCUT2D eigenvalue weighted by molar-refractivity contribution is -0.400. The molecule has 0 N–H and O–H groups in total. The zero-order valence-electron chi connectivity index (χ0n) is 14.0. The minimum Gasteiger partial charge on any atom is -0.493 e. The van der Waals surface area contributed by atoms with Crippen LogP contribution in [0.5, 0.6) is 11.5 Å². The number of hydrogen-bond donors (Lipinski definition) is 0. The van der Waals surface area contributed by atoms with Crippen LogP contribution in [0.3, 0.4) is 0 Å². The summed E-state index contributed by atoms with van der Waals surface area (Å²) in [6, 6.07) is 17.7. The number of nitro groups is 1. The molecule has 0 unspecified atom stereocenters. The second-order valence-corrected chi connectivity index (χ2v) is 6.42. The minimum atomic E-state index is -0.509. The van der Waals surface area contributed by atoms with Gasteiger partial charge in [0.1, 0.15) is 6.61 Å². The highest BCUT2D eigenvalue weighted by Crippen LogP contribution is 2.37. The lowest BCUT2D eigenvalue weighted by atomic mass is 10.1. The van der Waals surface area contributed by atoms with Gasteiger partial charge in [-0.05, 0) is 50.0 Å². The predicted molar refractivity (Wildman–Crippen MR) is 105 cm³/mol. The number of methoxy groups -OCH3 is 1. The lowest BCUT2D eigenvalue weighted by Gasteiger charge is -2.14. The summed E-state index contributed by atoms with van der Waals surface area (Å²) >= 11 is 3.46. The van der Waals surface area contributed by atoms with Crippen LogP contribution in [0.4, 0.5) is 0 Å². The second kappa shape index (κ2) is 8.01. The number of nitrogens with zero attached hydrogens (tertiary/aromatic N) is 1. The number of ether oxygens (including phenoxy) is 2. The van der Waals surface area contributed by atoms with Gasteiger partial charge in [-0.1, -0.05) is 42.5 Å². The molecule has 26 heavy (non-hydrogen) atoms. The third-order valence-corrected chi connectivity index (χ3v) is 4.48. The Morgan fingerprint density at radius 1 is 1.15 bits per heavy atom. The number of benzene rings is 3. The Hall–Kier alpha value is -2.86. The van der Waals surface area contributed by atoms with Gasteiger partial charge in [0.15, 0.2) is 11.5 Å². The summed E-state index contributed by atoms with van der Waals surface area (Å²) < 4.78 is 12.1. The van der Waals surface area contributed by atoms with Crippen LogP contribution in [0.1, 0.15) is 11.1 Å². The molecule has 5 nitrogen and oxygen atoms in total. The van der Waals surface area contributed by atoms with E-state index in [1.165, 1.54) is 13.2 Å². The Morgan fingerprint density at radius 2 is 1.92 bits per heavy atom. The van der Waals surface area contributed by atoms with Gasteiger partial charge in [0.2, 0.25) is 6.20 Å². The molecular weight excluding hydrogens is 398 g/mol. The van der Waals surface area contributed by atoms with Crippen LogP contribution in [0.25, 0.3) is 16.8 Å². The van der Waals surface area contributed by atoms with E-state index in [1.807, 2.05) is 24.3 Å². The van der Waals surface area contributed by atoms with E-state index in [1.54, 1.807) is 12.1 Å². The molecule has 0 heterocycles. The molecule has 0 radical (unpaired) electrons. The number of fused-ring (bicyclic) bond motifs is 1. The van der Waals surface area contributed by atoms with Crippen LogP contribution in [0, 0.1) is 10.1 Å². The summed E-state index contributed by atoms with van der Waals surface area (Å²) in [5.74, 6) is 1.06. The van der Waals surface area contributed by atoms with E-state index in [-0.39, 0.29) is 0 Å². The smallest absolute Gasteiger partial charge is 0.235 e. The quantitative estimate of drug-likeness (QED) is 0.398. The maximum Gasteiger partial charge on any atom is 0.235 e. The topological polar surface area (TPSA) is 61.6 Å². The van der Waals surface area contributed by atoms with Gasteiger partial charge < -0.3 is 9.47 Å². The zero-order valence-corrected chi connectivity index (χ0v) is 15.6. The average Bonchev–Trinajstić information content (AvgIpc) is 2.65. The second-order valence-electron chi connectivity index (χ2n) is 5.56. The van der Waals surface area contributed by atoms with Crippen molar-refractivity contribution in [3.63, 3.8) is 0 Å². The van der Waals surface area contributed by atoms with Gasteiger partial charge in [0, 0.05) is 6.08 Å². The van der Waals surface area contributed by atoms with Gasteiger partial charge in [0.05, 0.1) is 16.5 Å². The summed E-state index contributed by atoms with van der Waals surface area (Å²) in [5.41, 5.74) is 1.71. The molecule has 3 aromatic rings. The normalized spacial score (nSPS) is 11.0. The van der Waals surface area contributed by atoms with E-state index in [0.29, 0.717) is 28.1 Å². The Labute approximate surface area is 159 Å². The molecule has 0 fully saturated rings. The van der Waals surface area contributed by atoms with E-state index in [0.717, 1.165) is 22.5 Å². The third-order valence-electron chi connectivity index (χ3n) is 3.89. The Balaban J connectivity index is 1.88. The molecule has 132 valence electrons. The fraction of sp³-hybridized carbons (Fsp3) is 0.100. The van der Waals surface area contributed by atoms with Gasteiger partial charge in [0.25, 0.3) is 0 Å².